The third-order valence-corrected chi connectivity index (χ3v) is 4.70. The molecule has 128 valence electrons. The molecule has 2 rings (SSSR count). The van der Waals surface area contributed by atoms with Gasteiger partial charge in [0.1, 0.15) is 9.84 Å². The Kier molecular flexibility index (Phi) is 6.34. The Morgan fingerprint density at radius 3 is 2.50 bits per heavy atom. The first-order valence-corrected chi connectivity index (χ1v) is 9.90. The zero-order valence-electron chi connectivity index (χ0n) is 13.3. The first-order chi connectivity index (χ1) is 11.3. The number of carbonyl (C=O) groups is 1. The Morgan fingerprint density at radius 1 is 1.21 bits per heavy atom. The van der Waals surface area contributed by atoms with Gasteiger partial charge in [0.25, 0.3) is 0 Å². The number of amides is 1. The molecule has 1 N–H and O–H groups in total. The van der Waals surface area contributed by atoms with Crippen LogP contribution in [0.1, 0.15) is 17.2 Å². The molecule has 0 saturated carbocycles. The van der Waals surface area contributed by atoms with E-state index in [4.69, 9.17) is 11.6 Å². The maximum Gasteiger partial charge on any atom is 0.227 e. The van der Waals surface area contributed by atoms with Crippen LogP contribution in [0.5, 0.6) is 0 Å². The van der Waals surface area contributed by atoms with Gasteiger partial charge in [0.05, 0.1) is 11.7 Å². The van der Waals surface area contributed by atoms with Gasteiger partial charge >= 0.3 is 0 Å². The fourth-order valence-corrected chi connectivity index (χ4v) is 2.87. The molecule has 24 heavy (non-hydrogen) atoms. The number of nitrogens with one attached hydrogen (secondary N) is 1. The van der Waals surface area contributed by atoms with E-state index in [0.29, 0.717) is 11.4 Å². The number of benzene rings is 1. The minimum Gasteiger partial charge on any atom is -0.355 e. The van der Waals surface area contributed by atoms with Gasteiger partial charge in [0.2, 0.25) is 5.91 Å². The van der Waals surface area contributed by atoms with E-state index in [0.717, 1.165) is 17.5 Å². The van der Waals surface area contributed by atoms with Crippen LogP contribution < -0.4 is 5.32 Å². The fourth-order valence-electron chi connectivity index (χ4n) is 2.27. The van der Waals surface area contributed by atoms with E-state index in [1.807, 2.05) is 18.2 Å². The molecule has 1 unspecified atom stereocenters. The molecule has 2 aromatic rings. The average molecular weight is 367 g/mol. The lowest BCUT2D eigenvalue weighted by Crippen LogP contribution is -2.34. The highest BCUT2D eigenvalue weighted by Gasteiger charge is 2.21. The lowest BCUT2D eigenvalue weighted by atomic mass is 9.93. The summed E-state index contributed by atoms with van der Waals surface area (Å²) in [5.41, 5.74) is 1.60. The molecule has 1 heterocycles. The van der Waals surface area contributed by atoms with Gasteiger partial charge in [-0.15, -0.1) is 0 Å². The number of hydrogen-bond donors (Lipinski definition) is 1. The van der Waals surface area contributed by atoms with Crippen molar-refractivity contribution >= 4 is 27.3 Å². The second-order valence-corrected chi connectivity index (χ2v) is 8.25. The summed E-state index contributed by atoms with van der Waals surface area (Å²) in [7, 11) is -3.12. The fraction of sp³-hybridized carbons (Fsp3) is 0.294. The van der Waals surface area contributed by atoms with Crippen LogP contribution in [0, 0.1) is 0 Å². The minimum absolute atomic E-state index is 0.0873. The van der Waals surface area contributed by atoms with Crippen molar-refractivity contribution in [2.45, 2.75) is 12.3 Å². The lowest BCUT2D eigenvalue weighted by molar-refractivity contribution is -0.122. The van der Waals surface area contributed by atoms with Crippen molar-refractivity contribution in [2.24, 2.45) is 0 Å². The first-order valence-electron chi connectivity index (χ1n) is 7.46. The van der Waals surface area contributed by atoms with Crippen molar-refractivity contribution in [3.05, 3.63) is 64.9 Å². The Hall–Kier alpha value is -1.92. The van der Waals surface area contributed by atoms with Crippen molar-refractivity contribution in [2.75, 3.05) is 18.6 Å². The quantitative estimate of drug-likeness (QED) is 0.815. The number of rotatable bonds is 7. The van der Waals surface area contributed by atoms with Gasteiger partial charge in [-0.1, -0.05) is 29.8 Å². The highest BCUT2D eigenvalue weighted by atomic mass is 35.5. The standard InChI is InChI=1S/C17H19ClN2O3S/c1-24(22,23)11-10-20-17(21)16(12-15-4-2-3-9-19-15)13-5-7-14(18)8-6-13/h2-9,16H,10-12H2,1H3,(H,20,21). The zero-order valence-corrected chi connectivity index (χ0v) is 14.8. The monoisotopic (exact) mass is 366 g/mol. The van der Waals surface area contributed by atoms with E-state index in [1.54, 1.807) is 30.5 Å². The van der Waals surface area contributed by atoms with Crippen molar-refractivity contribution in [1.82, 2.24) is 10.3 Å². The number of halogens is 1. The summed E-state index contributed by atoms with van der Waals surface area (Å²) in [5.74, 6) is -0.779. The van der Waals surface area contributed by atoms with Crippen molar-refractivity contribution in [3.8, 4) is 0 Å². The van der Waals surface area contributed by atoms with Crippen LogP contribution in [-0.4, -0.2) is 37.9 Å². The number of pyridine rings is 1. The number of aromatic nitrogens is 1. The Bertz CT molecular complexity index is 777. The van der Waals surface area contributed by atoms with Gasteiger partial charge in [-0.05, 0) is 29.8 Å². The van der Waals surface area contributed by atoms with Crippen LogP contribution >= 0.6 is 11.6 Å². The zero-order chi connectivity index (χ0) is 17.6. The number of carbonyl (C=O) groups excluding carboxylic acids is 1. The number of sulfone groups is 1. The van der Waals surface area contributed by atoms with E-state index < -0.39 is 15.8 Å². The van der Waals surface area contributed by atoms with Gasteiger partial charge < -0.3 is 5.32 Å². The highest BCUT2D eigenvalue weighted by Crippen LogP contribution is 2.22. The normalized spacial score (nSPS) is 12.6. The molecule has 1 aromatic heterocycles. The predicted octanol–water partition coefficient (Wildman–Crippen LogP) is 2.22. The summed E-state index contributed by atoms with van der Waals surface area (Å²) < 4.78 is 22.4. The van der Waals surface area contributed by atoms with Crippen molar-refractivity contribution < 1.29 is 13.2 Å². The molecule has 1 aromatic carbocycles. The third kappa shape index (κ3) is 5.94. The molecule has 0 saturated heterocycles. The molecule has 0 aliphatic carbocycles. The van der Waals surface area contributed by atoms with Gasteiger partial charge in [0, 0.05) is 36.1 Å². The van der Waals surface area contributed by atoms with Gasteiger partial charge in [0.15, 0.2) is 0 Å². The van der Waals surface area contributed by atoms with Gasteiger partial charge in [-0.3, -0.25) is 9.78 Å². The summed E-state index contributed by atoms with van der Waals surface area (Å²) in [6.45, 7) is 0.0873. The van der Waals surface area contributed by atoms with E-state index >= 15 is 0 Å². The smallest absolute Gasteiger partial charge is 0.227 e. The average Bonchev–Trinajstić information content (AvgIpc) is 2.53. The Balaban J connectivity index is 2.15. The van der Waals surface area contributed by atoms with Crippen LogP contribution in [0.3, 0.4) is 0 Å². The van der Waals surface area contributed by atoms with E-state index in [1.165, 1.54) is 0 Å². The maximum atomic E-state index is 12.6. The summed E-state index contributed by atoms with van der Waals surface area (Å²) in [6.07, 6.45) is 3.24. The highest BCUT2D eigenvalue weighted by molar-refractivity contribution is 7.90. The molecular formula is C17H19ClN2O3S. The molecule has 0 aliphatic heterocycles. The number of hydrogen-bond acceptors (Lipinski definition) is 4. The predicted molar refractivity (Wildman–Crippen MR) is 94.9 cm³/mol. The molecule has 0 spiro atoms. The molecule has 0 bridgehead atoms. The van der Waals surface area contributed by atoms with Crippen LogP contribution in [0.4, 0.5) is 0 Å². The van der Waals surface area contributed by atoms with Gasteiger partial charge in [-0.2, -0.15) is 0 Å². The van der Waals surface area contributed by atoms with E-state index in [2.05, 4.69) is 10.3 Å². The molecule has 1 atom stereocenters. The molecule has 1 amide bonds. The topological polar surface area (TPSA) is 76.1 Å². The summed E-state index contributed by atoms with van der Waals surface area (Å²) >= 11 is 5.91. The molecule has 0 aliphatic rings. The van der Waals surface area contributed by atoms with Crippen LogP contribution in [0.15, 0.2) is 48.7 Å². The maximum absolute atomic E-state index is 12.6. The second-order valence-electron chi connectivity index (χ2n) is 5.55. The molecule has 5 nitrogen and oxygen atoms in total. The van der Waals surface area contributed by atoms with E-state index in [9.17, 15) is 13.2 Å². The molecule has 7 heteroatoms. The van der Waals surface area contributed by atoms with Crippen molar-refractivity contribution in [1.29, 1.82) is 0 Å². The van der Waals surface area contributed by atoms with Crippen LogP contribution in [0.25, 0.3) is 0 Å². The molecular weight excluding hydrogens is 348 g/mol. The van der Waals surface area contributed by atoms with Crippen LogP contribution in [-0.2, 0) is 21.1 Å². The molecule has 0 fully saturated rings. The number of nitrogens with zero attached hydrogens (tertiary/aromatic N) is 1. The summed E-state index contributed by atoms with van der Waals surface area (Å²) in [6, 6.07) is 12.6. The van der Waals surface area contributed by atoms with E-state index in [-0.39, 0.29) is 18.2 Å². The summed E-state index contributed by atoms with van der Waals surface area (Å²) in [5, 5.41) is 3.28. The van der Waals surface area contributed by atoms with Crippen molar-refractivity contribution in [3.63, 3.8) is 0 Å². The Labute approximate surface area is 147 Å². The summed E-state index contributed by atoms with van der Waals surface area (Å²) in [4.78, 5) is 16.8. The Morgan fingerprint density at radius 2 is 1.92 bits per heavy atom. The largest absolute Gasteiger partial charge is 0.355 e. The second kappa shape index (κ2) is 8.26. The van der Waals surface area contributed by atoms with Gasteiger partial charge in [-0.25, -0.2) is 8.42 Å². The van der Waals surface area contributed by atoms with Crippen LogP contribution in [0.2, 0.25) is 5.02 Å². The SMILES string of the molecule is CS(=O)(=O)CCNC(=O)C(Cc1ccccn1)c1ccc(Cl)cc1. The lowest BCUT2D eigenvalue weighted by Gasteiger charge is -2.17. The minimum atomic E-state index is -3.12. The third-order valence-electron chi connectivity index (χ3n) is 3.50. The first kappa shape index (κ1) is 18.4. The molecule has 0 radical (unpaired) electrons.